The number of nitrogens with one attached hydrogen (secondary N) is 1. The lowest BCUT2D eigenvalue weighted by atomic mass is 9.96. The SMILES string of the molecule is Cc1c(NCC2CCN(c3ccccc3)CC2)ncnc1C(=O)N1CCC(N2CCC(N(C)S(C)(=O)=O)CC2)CC1. The van der Waals surface area contributed by atoms with E-state index in [1.54, 1.807) is 7.05 Å². The summed E-state index contributed by atoms with van der Waals surface area (Å²) in [7, 11) is -1.48. The molecule has 3 aliphatic rings. The number of benzene rings is 1. The van der Waals surface area contributed by atoms with Crippen LogP contribution < -0.4 is 10.2 Å². The van der Waals surface area contributed by atoms with Gasteiger partial charge in [0, 0.05) is 63.1 Å². The minimum atomic E-state index is -3.16. The van der Waals surface area contributed by atoms with E-state index in [1.165, 1.54) is 22.6 Å². The summed E-state index contributed by atoms with van der Waals surface area (Å²) in [4.78, 5) is 29.2. The third-order valence-corrected chi connectivity index (χ3v) is 10.7. The van der Waals surface area contributed by atoms with Crippen LogP contribution >= 0.6 is 0 Å². The van der Waals surface area contributed by atoms with E-state index in [0.29, 0.717) is 30.7 Å². The van der Waals surface area contributed by atoms with Crippen molar-refractivity contribution in [1.82, 2.24) is 24.1 Å². The molecule has 0 radical (unpaired) electrons. The third-order valence-electron chi connectivity index (χ3n) is 9.39. The van der Waals surface area contributed by atoms with Gasteiger partial charge in [-0.25, -0.2) is 22.7 Å². The molecule has 1 amide bonds. The standard InChI is InChI=1S/C30H45N7O3S/c1-23-28(32-22-33-29(23)31-21-24-9-15-35(16-10-24)26-7-5-4-6-8-26)30(38)37-19-13-27(14-20-37)36-17-11-25(12-18-36)34(2)41(3,39)40/h4-8,22,24-25,27H,9-21H2,1-3H3,(H,31,32,33). The smallest absolute Gasteiger partial charge is 0.272 e. The molecule has 0 saturated carbocycles. The molecule has 3 fully saturated rings. The number of carbonyl (C=O) groups is 1. The summed E-state index contributed by atoms with van der Waals surface area (Å²) in [5, 5.41) is 3.52. The number of rotatable bonds is 8. The van der Waals surface area contributed by atoms with Gasteiger partial charge in [0.15, 0.2) is 0 Å². The lowest BCUT2D eigenvalue weighted by Gasteiger charge is -2.43. The molecular formula is C30H45N7O3S. The number of para-hydroxylation sites is 1. The number of piperidine rings is 3. The monoisotopic (exact) mass is 583 g/mol. The van der Waals surface area contributed by atoms with Gasteiger partial charge < -0.3 is 20.0 Å². The van der Waals surface area contributed by atoms with Gasteiger partial charge in [0.1, 0.15) is 17.8 Å². The molecule has 0 spiro atoms. The Bertz CT molecular complexity index is 1270. The lowest BCUT2D eigenvalue weighted by molar-refractivity contribution is 0.0542. The molecule has 1 N–H and O–H groups in total. The van der Waals surface area contributed by atoms with Crippen molar-refractivity contribution < 1.29 is 13.2 Å². The molecule has 0 aliphatic carbocycles. The van der Waals surface area contributed by atoms with Crippen LogP contribution in [0.5, 0.6) is 0 Å². The molecule has 3 saturated heterocycles. The average Bonchev–Trinajstić information content (AvgIpc) is 3.00. The fourth-order valence-corrected chi connectivity index (χ4v) is 7.34. The summed E-state index contributed by atoms with van der Waals surface area (Å²) in [6.45, 7) is 8.10. The maximum Gasteiger partial charge on any atom is 0.272 e. The fourth-order valence-electron chi connectivity index (χ4n) is 6.59. The van der Waals surface area contributed by atoms with E-state index in [-0.39, 0.29) is 11.9 Å². The molecule has 0 unspecified atom stereocenters. The average molecular weight is 584 g/mol. The van der Waals surface area contributed by atoms with E-state index in [0.717, 1.165) is 82.6 Å². The van der Waals surface area contributed by atoms with Crippen molar-refractivity contribution in [2.45, 2.75) is 57.5 Å². The van der Waals surface area contributed by atoms with Crippen LogP contribution in [-0.4, -0.2) is 110 Å². The Balaban J connectivity index is 1.09. The number of nitrogens with zero attached hydrogens (tertiary/aromatic N) is 6. The van der Waals surface area contributed by atoms with E-state index in [4.69, 9.17) is 0 Å². The van der Waals surface area contributed by atoms with Crippen LogP contribution in [-0.2, 0) is 10.0 Å². The Hall–Kier alpha value is -2.76. The van der Waals surface area contributed by atoms with E-state index in [1.807, 2.05) is 11.8 Å². The Labute approximate surface area is 245 Å². The number of likely N-dealkylation sites (tertiary alicyclic amines) is 2. The highest BCUT2D eigenvalue weighted by Gasteiger charge is 2.33. The number of anilines is 2. The predicted octanol–water partition coefficient (Wildman–Crippen LogP) is 3.07. The maximum absolute atomic E-state index is 13.5. The zero-order chi connectivity index (χ0) is 29.0. The minimum absolute atomic E-state index is 0.0175. The zero-order valence-corrected chi connectivity index (χ0v) is 25.5. The van der Waals surface area contributed by atoms with Gasteiger partial charge in [-0.1, -0.05) is 18.2 Å². The molecule has 3 aliphatic heterocycles. The number of sulfonamides is 1. The first kappa shape index (κ1) is 29.7. The molecule has 10 nitrogen and oxygen atoms in total. The molecule has 4 heterocycles. The number of aromatic nitrogens is 2. The minimum Gasteiger partial charge on any atom is -0.372 e. The molecule has 1 aromatic carbocycles. The molecule has 0 bridgehead atoms. The van der Waals surface area contributed by atoms with Crippen molar-refractivity contribution >= 4 is 27.4 Å². The topological polar surface area (TPSA) is 102 Å². The van der Waals surface area contributed by atoms with Crippen molar-refractivity contribution in [3.05, 3.63) is 47.9 Å². The van der Waals surface area contributed by atoms with E-state index in [2.05, 4.69) is 55.4 Å². The molecule has 2 aromatic rings. The quantitative estimate of drug-likeness (QED) is 0.506. The summed E-state index contributed by atoms with van der Waals surface area (Å²) in [6.07, 6.45) is 8.59. The van der Waals surface area contributed by atoms with Gasteiger partial charge >= 0.3 is 0 Å². The van der Waals surface area contributed by atoms with Gasteiger partial charge in [-0.3, -0.25) is 4.79 Å². The van der Waals surface area contributed by atoms with Crippen LogP contribution in [0, 0.1) is 12.8 Å². The fraction of sp³-hybridized carbons (Fsp3) is 0.633. The van der Waals surface area contributed by atoms with Crippen molar-refractivity contribution in [2.75, 3.05) is 69.3 Å². The Morgan fingerprint density at radius 3 is 2.24 bits per heavy atom. The molecule has 0 atom stereocenters. The second-order valence-corrected chi connectivity index (χ2v) is 14.0. The van der Waals surface area contributed by atoms with Crippen molar-refractivity contribution in [3.63, 3.8) is 0 Å². The predicted molar refractivity (Wildman–Crippen MR) is 163 cm³/mol. The lowest BCUT2D eigenvalue weighted by Crippen LogP contribution is -2.52. The molecular weight excluding hydrogens is 538 g/mol. The van der Waals surface area contributed by atoms with Gasteiger partial charge in [-0.2, -0.15) is 0 Å². The van der Waals surface area contributed by atoms with Crippen molar-refractivity contribution in [1.29, 1.82) is 0 Å². The van der Waals surface area contributed by atoms with Gasteiger partial charge in [0.05, 0.1) is 6.26 Å². The Morgan fingerprint density at radius 1 is 0.951 bits per heavy atom. The molecule has 224 valence electrons. The maximum atomic E-state index is 13.5. The highest BCUT2D eigenvalue weighted by molar-refractivity contribution is 7.88. The summed E-state index contributed by atoms with van der Waals surface area (Å²) < 4.78 is 25.3. The van der Waals surface area contributed by atoms with Gasteiger partial charge in [0.25, 0.3) is 5.91 Å². The zero-order valence-electron chi connectivity index (χ0n) is 24.7. The van der Waals surface area contributed by atoms with Crippen LogP contribution in [0.2, 0.25) is 0 Å². The first-order valence-corrected chi connectivity index (χ1v) is 16.9. The number of hydrogen-bond acceptors (Lipinski definition) is 8. The van der Waals surface area contributed by atoms with Crippen LogP contribution in [0.15, 0.2) is 36.7 Å². The van der Waals surface area contributed by atoms with Gasteiger partial charge in [0.2, 0.25) is 10.0 Å². The molecule has 11 heteroatoms. The van der Waals surface area contributed by atoms with E-state index in [9.17, 15) is 13.2 Å². The Morgan fingerprint density at radius 2 is 1.61 bits per heavy atom. The normalized spacial score (nSPS) is 20.5. The molecule has 41 heavy (non-hydrogen) atoms. The second kappa shape index (κ2) is 13.0. The summed E-state index contributed by atoms with van der Waals surface area (Å²) in [5.74, 6) is 1.31. The molecule has 5 rings (SSSR count). The second-order valence-electron chi connectivity index (χ2n) is 11.9. The highest BCUT2D eigenvalue weighted by atomic mass is 32.2. The molecule has 1 aromatic heterocycles. The highest BCUT2D eigenvalue weighted by Crippen LogP contribution is 2.26. The summed E-state index contributed by atoms with van der Waals surface area (Å²) >= 11 is 0. The summed E-state index contributed by atoms with van der Waals surface area (Å²) in [6, 6.07) is 11.1. The summed E-state index contributed by atoms with van der Waals surface area (Å²) in [5.41, 5.74) is 2.60. The van der Waals surface area contributed by atoms with Crippen LogP contribution in [0.3, 0.4) is 0 Å². The van der Waals surface area contributed by atoms with Crippen molar-refractivity contribution in [3.8, 4) is 0 Å². The van der Waals surface area contributed by atoms with E-state index >= 15 is 0 Å². The third kappa shape index (κ3) is 7.18. The number of hydrogen-bond donors (Lipinski definition) is 1. The number of carbonyl (C=O) groups excluding carboxylic acids is 1. The number of amides is 1. The van der Waals surface area contributed by atoms with Crippen molar-refractivity contribution in [2.24, 2.45) is 5.92 Å². The first-order valence-electron chi connectivity index (χ1n) is 15.0. The van der Waals surface area contributed by atoms with Crippen LogP contribution in [0.4, 0.5) is 11.5 Å². The first-order chi connectivity index (χ1) is 19.7. The van der Waals surface area contributed by atoms with Gasteiger partial charge in [-0.05, 0) is 76.6 Å². The van der Waals surface area contributed by atoms with Crippen LogP contribution in [0.25, 0.3) is 0 Å². The largest absolute Gasteiger partial charge is 0.372 e. The van der Waals surface area contributed by atoms with Crippen LogP contribution in [0.1, 0.15) is 54.6 Å². The van der Waals surface area contributed by atoms with Gasteiger partial charge in [-0.15, -0.1) is 0 Å². The van der Waals surface area contributed by atoms with E-state index < -0.39 is 10.0 Å². The Kier molecular flexibility index (Phi) is 9.45.